The number of rotatable bonds is 7. The zero-order valence-electron chi connectivity index (χ0n) is 14.8. The number of aryl methyl sites for hydroxylation is 1. The predicted molar refractivity (Wildman–Crippen MR) is 105 cm³/mol. The van der Waals surface area contributed by atoms with Crippen LogP contribution in [0.3, 0.4) is 0 Å². The zero-order valence-corrected chi connectivity index (χ0v) is 16.4. The van der Waals surface area contributed by atoms with Gasteiger partial charge in [-0.3, -0.25) is 10.1 Å². The molecule has 0 aliphatic heterocycles. The Kier molecular flexibility index (Phi) is 6.59. The number of furan rings is 1. The van der Waals surface area contributed by atoms with Crippen molar-refractivity contribution in [1.82, 2.24) is 25.8 Å². The van der Waals surface area contributed by atoms with Gasteiger partial charge in [0.05, 0.1) is 12.8 Å². The maximum Gasteiger partial charge on any atom is 0.216 e. The van der Waals surface area contributed by atoms with Crippen LogP contribution >= 0.6 is 15.9 Å². The summed E-state index contributed by atoms with van der Waals surface area (Å²) in [5, 5.41) is 13.3. The van der Waals surface area contributed by atoms with Crippen molar-refractivity contribution in [3.63, 3.8) is 0 Å². The summed E-state index contributed by atoms with van der Waals surface area (Å²) in [5.74, 6) is 2.24. The first kappa shape index (κ1) is 19.1. The summed E-state index contributed by atoms with van der Waals surface area (Å²) in [6.07, 6.45) is 3.01. The molecule has 0 fully saturated rings. The molecule has 3 rings (SSSR count). The predicted octanol–water partition coefficient (Wildman–Crippen LogP) is 3.26. The molecular weight excluding hydrogens is 415 g/mol. The normalized spacial score (nSPS) is 11.6. The van der Waals surface area contributed by atoms with Gasteiger partial charge in [0.2, 0.25) is 5.82 Å². The van der Waals surface area contributed by atoms with Gasteiger partial charge >= 0.3 is 0 Å². The Morgan fingerprint density at radius 3 is 2.96 bits per heavy atom. The van der Waals surface area contributed by atoms with Crippen LogP contribution in [0, 0.1) is 5.82 Å². The molecule has 3 aromatic rings. The van der Waals surface area contributed by atoms with Crippen molar-refractivity contribution in [3.05, 3.63) is 58.3 Å². The van der Waals surface area contributed by atoms with E-state index < -0.39 is 0 Å². The molecule has 0 spiro atoms. The maximum absolute atomic E-state index is 13.8. The lowest BCUT2D eigenvalue weighted by molar-refractivity contribution is 0.577. The van der Waals surface area contributed by atoms with E-state index in [9.17, 15) is 4.39 Å². The monoisotopic (exact) mass is 434 g/mol. The number of hydrogen-bond donors (Lipinski definition) is 3. The van der Waals surface area contributed by atoms with Crippen LogP contribution in [0.25, 0.3) is 11.6 Å². The Hall–Kier alpha value is -2.68. The number of aliphatic imine (C=N–C) groups is 1. The van der Waals surface area contributed by atoms with Gasteiger partial charge in [0.15, 0.2) is 11.7 Å². The summed E-state index contributed by atoms with van der Waals surface area (Å²) >= 11 is 3.26. The summed E-state index contributed by atoms with van der Waals surface area (Å²) < 4.78 is 19.8. The molecule has 9 heteroatoms. The number of nitrogens with one attached hydrogen (secondary N) is 3. The first-order valence-corrected chi connectivity index (χ1v) is 9.28. The average Bonchev–Trinajstić information content (AvgIpc) is 3.34. The summed E-state index contributed by atoms with van der Waals surface area (Å²) in [6.45, 7) is 1.11. The Morgan fingerprint density at radius 2 is 2.22 bits per heavy atom. The minimum Gasteiger partial charge on any atom is -0.461 e. The second-order valence-electron chi connectivity index (χ2n) is 5.77. The van der Waals surface area contributed by atoms with Gasteiger partial charge in [-0.25, -0.2) is 9.37 Å². The van der Waals surface area contributed by atoms with Crippen LogP contribution < -0.4 is 10.6 Å². The molecule has 2 heterocycles. The smallest absolute Gasteiger partial charge is 0.216 e. The number of aromatic amines is 1. The van der Waals surface area contributed by atoms with E-state index in [0.717, 1.165) is 10.9 Å². The van der Waals surface area contributed by atoms with Crippen molar-refractivity contribution < 1.29 is 8.81 Å². The molecule has 0 atom stereocenters. The molecule has 3 N–H and O–H groups in total. The van der Waals surface area contributed by atoms with Crippen LogP contribution in [-0.2, 0) is 13.0 Å². The quantitative estimate of drug-likeness (QED) is 0.301. The van der Waals surface area contributed by atoms with E-state index in [4.69, 9.17) is 4.42 Å². The molecule has 142 valence electrons. The highest BCUT2D eigenvalue weighted by Gasteiger charge is 2.08. The fraction of sp³-hybridized carbons (Fsp3) is 0.278. The van der Waals surface area contributed by atoms with E-state index in [1.165, 1.54) is 6.07 Å². The number of hydrogen-bond acceptors (Lipinski definition) is 4. The zero-order chi connectivity index (χ0) is 19.1. The molecule has 0 aliphatic carbocycles. The minimum atomic E-state index is -0.190. The molecule has 0 radical (unpaired) electrons. The largest absolute Gasteiger partial charge is 0.461 e. The first-order chi connectivity index (χ1) is 13.2. The van der Waals surface area contributed by atoms with Gasteiger partial charge in [-0.05, 0) is 42.7 Å². The Labute approximate surface area is 164 Å². The standard InChI is InChI=1S/C18H20BrFN6O/c1-21-18(22-8-2-4-12-6-7-13(19)10-14(12)20)23-11-16-24-17(26-25-16)15-5-3-9-27-15/h3,5-7,9-10H,2,4,8,11H2,1H3,(H2,21,22,23)(H,24,25,26). The van der Waals surface area contributed by atoms with Crippen LogP contribution in [0.1, 0.15) is 17.8 Å². The number of guanidine groups is 1. The number of aromatic nitrogens is 3. The van der Waals surface area contributed by atoms with Crippen LogP contribution in [0.5, 0.6) is 0 Å². The molecular formula is C18H20BrFN6O. The lowest BCUT2D eigenvalue weighted by atomic mass is 10.1. The van der Waals surface area contributed by atoms with Gasteiger partial charge in [-0.2, -0.15) is 0 Å². The Bertz CT molecular complexity index is 893. The van der Waals surface area contributed by atoms with Crippen molar-refractivity contribution in [1.29, 1.82) is 0 Å². The molecule has 2 aromatic heterocycles. The van der Waals surface area contributed by atoms with Crippen LogP contribution in [0.4, 0.5) is 4.39 Å². The number of nitrogens with zero attached hydrogens (tertiary/aromatic N) is 3. The molecule has 1 aromatic carbocycles. The molecule has 7 nitrogen and oxygen atoms in total. The highest BCUT2D eigenvalue weighted by atomic mass is 79.9. The lowest BCUT2D eigenvalue weighted by Gasteiger charge is -2.11. The molecule has 0 unspecified atom stereocenters. The van der Waals surface area contributed by atoms with E-state index in [-0.39, 0.29) is 5.82 Å². The minimum absolute atomic E-state index is 0.190. The van der Waals surface area contributed by atoms with E-state index in [1.807, 2.05) is 6.07 Å². The SMILES string of the molecule is CN=C(NCCCc1ccc(Br)cc1F)NCc1nc(-c2ccco2)n[nH]1. The van der Waals surface area contributed by atoms with Crippen LogP contribution in [0.2, 0.25) is 0 Å². The lowest BCUT2D eigenvalue weighted by Crippen LogP contribution is -2.37. The number of benzene rings is 1. The van der Waals surface area contributed by atoms with Crippen LogP contribution in [0.15, 0.2) is 50.5 Å². The Morgan fingerprint density at radius 1 is 1.33 bits per heavy atom. The second kappa shape index (κ2) is 9.31. The van der Waals surface area contributed by atoms with E-state index >= 15 is 0 Å². The Balaban J connectivity index is 1.42. The van der Waals surface area contributed by atoms with Crippen molar-refractivity contribution in [2.24, 2.45) is 4.99 Å². The summed E-state index contributed by atoms with van der Waals surface area (Å²) in [5.41, 5.74) is 0.704. The van der Waals surface area contributed by atoms with Crippen molar-refractivity contribution >= 4 is 21.9 Å². The maximum atomic E-state index is 13.8. The fourth-order valence-corrected chi connectivity index (χ4v) is 2.82. The summed E-state index contributed by atoms with van der Waals surface area (Å²) in [6, 6.07) is 8.72. The van der Waals surface area contributed by atoms with E-state index in [2.05, 4.69) is 46.7 Å². The van der Waals surface area contributed by atoms with Gasteiger partial charge in [0.1, 0.15) is 11.6 Å². The second-order valence-corrected chi connectivity index (χ2v) is 6.69. The van der Waals surface area contributed by atoms with Crippen molar-refractivity contribution in [2.75, 3.05) is 13.6 Å². The molecule has 0 saturated carbocycles. The molecule has 0 bridgehead atoms. The number of halogens is 2. The van der Waals surface area contributed by atoms with Gasteiger partial charge in [-0.1, -0.05) is 22.0 Å². The molecule has 0 saturated heterocycles. The molecule has 0 amide bonds. The van der Waals surface area contributed by atoms with Gasteiger partial charge in [-0.15, -0.1) is 5.10 Å². The van der Waals surface area contributed by atoms with E-state index in [1.54, 1.807) is 31.5 Å². The van der Waals surface area contributed by atoms with Crippen molar-refractivity contribution in [3.8, 4) is 11.6 Å². The molecule has 27 heavy (non-hydrogen) atoms. The topological polar surface area (TPSA) is 91.1 Å². The third-order valence-electron chi connectivity index (χ3n) is 3.85. The van der Waals surface area contributed by atoms with E-state index in [0.29, 0.717) is 48.4 Å². The molecule has 0 aliphatic rings. The fourth-order valence-electron chi connectivity index (χ4n) is 2.49. The summed E-state index contributed by atoms with van der Waals surface area (Å²) in [4.78, 5) is 8.53. The number of H-pyrrole nitrogens is 1. The highest BCUT2D eigenvalue weighted by molar-refractivity contribution is 9.10. The van der Waals surface area contributed by atoms with Gasteiger partial charge in [0, 0.05) is 18.1 Å². The first-order valence-electron chi connectivity index (χ1n) is 8.49. The highest BCUT2D eigenvalue weighted by Crippen LogP contribution is 2.16. The van der Waals surface area contributed by atoms with Crippen LogP contribution in [-0.4, -0.2) is 34.7 Å². The third kappa shape index (κ3) is 5.40. The van der Waals surface area contributed by atoms with Gasteiger partial charge < -0.3 is 15.1 Å². The third-order valence-corrected chi connectivity index (χ3v) is 4.34. The average molecular weight is 435 g/mol. The summed E-state index contributed by atoms with van der Waals surface area (Å²) in [7, 11) is 1.69. The van der Waals surface area contributed by atoms with Crippen molar-refractivity contribution in [2.45, 2.75) is 19.4 Å². The van der Waals surface area contributed by atoms with Gasteiger partial charge in [0.25, 0.3) is 0 Å².